The van der Waals surface area contributed by atoms with Crippen molar-refractivity contribution in [2.24, 2.45) is 0 Å². The molecule has 4 rings (SSSR count). The highest BCUT2D eigenvalue weighted by Gasteiger charge is 2.32. The van der Waals surface area contributed by atoms with Gasteiger partial charge >= 0.3 is 5.97 Å². The van der Waals surface area contributed by atoms with Crippen molar-refractivity contribution < 1.29 is 18.7 Å². The lowest BCUT2D eigenvalue weighted by molar-refractivity contribution is 0.0593. The highest BCUT2D eigenvalue weighted by atomic mass is 28.3. The Hall–Kier alpha value is -2.49. The lowest BCUT2D eigenvalue weighted by Crippen LogP contribution is -2.45. The van der Waals surface area contributed by atoms with Gasteiger partial charge in [0.25, 0.3) is 0 Å². The van der Waals surface area contributed by atoms with E-state index in [9.17, 15) is 4.79 Å². The second-order valence-electron chi connectivity index (χ2n) is 9.92. The van der Waals surface area contributed by atoms with E-state index in [0.717, 1.165) is 62.0 Å². The van der Waals surface area contributed by atoms with Gasteiger partial charge in [0.1, 0.15) is 18.8 Å². The molecule has 178 valence electrons. The summed E-state index contributed by atoms with van der Waals surface area (Å²) >= 11 is 0. The zero-order valence-electron chi connectivity index (χ0n) is 20.0. The average Bonchev–Trinajstić information content (AvgIpc) is 3.36. The number of carbonyl (C=O) groups excluding carboxylic acids is 1. The van der Waals surface area contributed by atoms with Gasteiger partial charge in [0, 0.05) is 34.2 Å². The van der Waals surface area contributed by atoms with Gasteiger partial charge < -0.3 is 23.4 Å². The van der Waals surface area contributed by atoms with Gasteiger partial charge in [0.2, 0.25) is 5.89 Å². The molecule has 1 fully saturated rings. The third-order valence-electron chi connectivity index (χ3n) is 6.05. The Kier molecular flexibility index (Phi) is 7.31. The fourth-order valence-electron chi connectivity index (χ4n) is 4.04. The van der Waals surface area contributed by atoms with Crippen LogP contribution >= 0.6 is 0 Å². The molecule has 1 saturated heterocycles. The molecule has 0 atom stereocenters. The standard InChI is InChI=1S/C24H34N4O4Si/c1-30-24(29)20-16-32-23(26-20)18-14-27(15-18)11-7-10-22-25-19-8-5-6-9-21(19)28(22)17-31-12-13-33(2,3)4/h5-6,8-9,16,18H,7,10-15,17H2,1-4H3. The van der Waals surface area contributed by atoms with E-state index in [1.54, 1.807) is 0 Å². The Balaban J connectivity index is 1.28. The molecule has 0 N–H and O–H groups in total. The van der Waals surface area contributed by atoms with Gasteiger partial charge in [-0.25, -0.2) is 14.8 Å². The first-order valence-corrected chi connectivity index (χ1v) is 15.3. The summed E-state index contributed by atoms with van der Waals surface area (Å²) in [6.45, 7) is 11.2. The lowest BCUT2D eigenvalue weighted by Gasteiger charge is -2.37. The Morgan fingerprint density at radius 3 is 2.76 bits per heavy atom. The largest absolute Gasteiger partial charge is 0.464 e. The van der Waals surface area contributed by atoms with Crippen molar-refractivity contribution in [1.29, 1.82) is 0 Å². The number of carbonyl (C=O) groups is 1. The normalized spacial score (nSPS) is 15.2. The van der Waals surface area contributed by atoms with Crippen molar-refractivity contribution >= 4 is 25.1 Å². The molecule has 3 aromatic rings. The Labute approximate surface area is 195 Å². The summed E-state index contributed by atoms with van der Waals surface area (Å²) in [7, 11) is 0.239. The molecule has 1 aromatic carbocycles. The number of aromatic nitrogens is 3. The number of nitrogens with zero attached hydrogens (tertiary/aromatic N) is 4. The van der Waals surface area contributed by atoms with Gasteiger partial charge in [-0.1, -0.05) is 31.8 Å². The van der Waals surface area contributed by atoms with E-state index in [-0.39, 0.29) is 11.6 Å². The van der Waals surface area contributed by atoms with Crippen LogP contribution in [-0.2, 0) is 22.6 Å². The number of hydrogen-bond acceptors (Lipinski definition) is 7. The van der Waals surface area contributed by atoms with Crippen LogP contribution in [0.15, 0.2) is 34.9 Å². The van der Waals surface area contributed by atoms with Crippen LogP contribution in [0.1, 0.15) is 34.5 Å². The molecule has 3 heterocycles. The summed E-state index contributed by atoms with van der Waals surface area (Å²) in [6.07, 6.45) is 3.29. The van der Waals surface area contributed by atoms with Crippen LogP contribution < -0.4 is 0 Å². The summed E-state index contributed by atoms with van der Waals surface area (Å²) in [4.78, 5) is 23.1. The number of oxazole rings is 1. The van der Waals surface area contributed by atoms with Crippen molar-refractivity contribution in [3.63, 3.8) is 0 Å². The van der Waals surface area contributed by atoms with Crippen LogP contribution in [-0.4, -0.2) is 66.8 Å². The summed E-state index contributed by atoms with van der Waals surface area (Å²) < 4.78 is 18.4. The topological polar surface area (TPSA) is 82.6 Å². The highest BCUT2D eigenvalue weighted by molar-refractivity contribution is 6.76. The first-order chi connectivity index (χ1) is 15.8. The molecule has 0 saturated carbocycles. The number of para-hydroxylation sites is 2. The third kappa shape index (κ3) is 5.90. The smallest absolute Gasteiger partial charge is 0.360 e. The van der Waals surface area contributed by atoms with E-state index in [0.29, 0.717) is 12.6 Å². The average molecular weight is 471 g/mol. The Morgan fingerprint density at radius 2 is 2.00 bits per heavy atom. The molecule has 2 aromatic heterocycles. The second kappa shape index (κ2) is 10.2. The van der Waals surface area contributed by atoms with E-state index < -0.39 is 14.0 Å². The predicted molar refractivity (Wildman–Crippen MR) is 129 cm³/mol. The van der Waals surface area contributed by atoms with Crippen molar-refractivity contribution in [1.82, 2.24) is 19.4 Å². The van der Waals surface area contributed by atoms with Crippen LogP contribution in [0.3, 0.4) is 0 Å². The summed E-state index contributed by atoms with van der Waals surface area (Å²) in [5.41, 5.74) is 2.39. The number of benzene rings is 1. The lowest BCUT2D eigenvalue weighted by atomic mass is 10.00. The molecule has 9 heteroatoms. The van der Waals surface area contributed by atoms with E-state index in [4.69, 9.17) is 14.1 Å². The molecule has 1 aliphatic rings. The molecule has 0 spiro atoms. The highest BCUT2D eigenvalue weighted by Crippen LogP contribution is 2.27. The number of imidazole rings is 1. The molecular weight excluding hydrogens is 436 g/mol. The van der Waals surface area contributed by atoms with E-state index in [1.165, 1.54) is 13.4 Å². The number of aryl methyl sites for hydroxylation is 1. The number of likely N-dealkylation sites (tertiary alicyclic amines) is 1. The molecule has 0 bridgehead atoms. The molecule has 8 nitrogen and oxygen atoms in total. The molecular formula is C24H34N4O4Si. The van der Waals surface area contributed by atoms with Crippen molar-refractivity contribution in [2.45, 2.75) is 51.2 Å². The monoisotopic (exact) mass is 470 g/mol. The van der Waals surface area contributed by atoms with Gasteiger partial charge in [-0.05, 0) is 31.1 Å². The predicted octanol–water partition coefficient (Wildman–Crippen LogP) is 4.16. The molecule has 0 unspecified atom stereocenters. The van der Waals surface area contributed by atoms with Crippen molar-refractivity contribution in [3.8, 4) is 0 Å². The zero-order chi connectivity index (χ0) is 23.4. The SMILES string of the molecule is COC(=O)c1coc(C2CN(CCCc3nc4ccccc4n3COCC[Si](C)(C)C)C2)n1. The maximum atomic E-state index is 11.5. The summed E-state index contributed by atoms with van der Waals surface area (Å²) in [5.74, 6) is 1.46. The van der Waals surface area contributed by atoms with E-state index in [2.05, 4.69) is 57.0 Å². The van der Waals surface area contributed by atoms with Gasteiger partial charge in [-0.15, -0.1) is 0 Å². The summed E-state index contributed by atoms with van der Waals surface area (Å²) in [6, 6.07) is 9.44. The number of fused-ring (bicyclic) bond motifs is 1. The van der Waals surface area contributed by atoms with Crippen LogP contribution in [0.4, 0.5) is 0 Å². The molecule has 0 amide bonds. The molecule has 0 radical (unpaired) electrons. The molecule has 1 aliphatic heterocycles. The maximum absolute atomic E-state index is 11.5. The molecule has 33 heavy (non-hydrogen) atoms. The fourth-order valence-corrected chi connectivity index (χ4v) is 4.79. The first-order valence-electron chi connectivity index (χ1n) is 11.6. The van der Waals surface area contributed by atoms with Gasteiger partial charge in [0.05, 0.1) is 24.1 Å². The van der Waals surface area contributed by atoms with Crippen LogP contribution in [0.5, 0.6) is 0 Å². The number of ether oxygens (including phenoxy) is 2. The minimum absolute atomic E-state index is 0.229. The van der Waals surface area contributed by atoms with Crippen molar-refractivity contribution in [2.75, 3.05) is 33.4 Å². The van der Waals surface area contributed by atoms with Gasteiger partial charge in [-0.2, -0.15) is 0 Å². The zero-order valence-corrected chi connectivity index (χ0v) is 21.0. The van der Waals surface area contributed by atoms with E-state index in [1.807, 2.05) is 6.07 Å². The second-order valence-corrected chi connectivity index (χ2v) is 15.5. The minimum atomic E-state index is -1.10. The Morgan fingerprint density at radius 1 is 1.21 bits per heavy atom. The third-order valence-corrected chi connectivity index (χ3v) is 7.75. The molecule has 0 aliphatic carbocycles. The number of rotatable bonds is 11. The van der Waals surface area contributed by atoms with Crippen molar-refractivity contribution in [3.05, 3.63) is 47.9 Å². The van der Waals surface area contributed by atoms with Crippen LogP contribution in [0.25, 0.3) is 11.0 Å². The van der Waals surface area contributed by atoms with Crippen LogP contribution in [0.2, 0.25) is 25.7 Å². The first kappa shape index (κ1) is 23.7. The van der Waals surface area contributed by atoms with E-state index >= 15 is 0 Å². The fraction of sp³-hybridized carbons (Fsp3) is 0.542. The summed E-state index contributed by atoms with van der Waals surface area (Å²) in [5, 5.41) is 0. The number of methoxy groups -OCH3 is 1. The van der Waals surface area contributed by atoms with Gasteiger partial charge in [-0.3, -0.25) is 0 Å². The number of hydrogen-bond donors (Lipinski definition) is 0. The Bertz CT molecular complexity index is 1080. The minimum Gasteiger partial charge on any atom is -0.464 e. The van der Waals surface area contributed by atoms with Gasteiger partial charge in [0.15, 0.2) is 5.69 Å². The quantitative estimate of drug-likeness (QED) is 0.236. The number of esters is 1. The maximum Gasteiger partial charge on any atom is 0.360 e. The van der Waals surface area contributed by atoms with Crippen LogP contribution in [0, 0.1) is 0 Å².